The second-order valence-corrected chi connectivity index (χ2v) is 4.47. The van der Waals surface area contributed by atoms with Crippen molar-refractivity contribution in [3.8, 4) is 5.75 Å². The molecule has 2 rings (SSSR count). The predicted molar refractivity (Wildman–Crippen MR) is 77.4 cm³/mol. The van der Waals surface area contributed by atoms with Crippen molar-refractivity contribution in [1.29, 1.82) is 0 Å². The molecule has 0 radical (unpaired) electrons. The molecular weight excluding hydrogens is 262 g/mol. The van der Waals surface area contributed by atoms with Crippen LogP contribution in [0.15, 0.2) is 24.3 Å². The first kappa shape index (κ1) is 13.6. The Labute approximate surface area is 117 Å². The van der Waals surface area contributed by atoms with E-state index < -0.39 is 0 Å². The van der Waals surface area contributed by atoms with E-state index in [-0.39, 0.29) is 0 Å². The van der Waals surface area contributed by atoms with Crippen LogP contribution in [0.2, 0.25) is 5.15 Å². The summed E-state index contributed by atoms with van der Waals surface area (Å²) in [4.78, 5) is 8.62. The summed E-state index contributed by atoms with van der Waals surface area (Å²) in [6.07, 6.45) is 0. The molecule has 0 aliphatic rings. The van der Waals surface area contributed by atoms with E-state index in [0.29, 0.717) is 17.6 Å². The van der Waals surface area contributed by atoms with Gasteiger partial charge in [0.25, 0.3) is 0 Å². The van der Waals surface area contributed by atoms with E-state index in [9.17, 15) is 0 Å². The molecule has 4 nitrogen and oxygen atoms in total. The molecule has 1 N–H and O–H groups in total. The lowest BCUT2D eigenvalue weighted by Crippen LogP contribution is -2.00. The highest BCUT2D eigenvalue weighted by atomic mass is 35.5. The SMILES string of the molecule is CCOc1ccc(Nc2nc(C)c(C)nc2Cl)cc1. The van der Waals surface area contributed by atoms with Crippen molar-refractivity contribution in [2.75, 3.05) is 11.9 Å². The molecule has 19 heavy (non-hydrogen) atoms. The number of hydrogen-bond acceptors (Lipinski definition) is 4. The second kappa shape index (κ2) is 5.89. The van der Waals surface area contributed by atoms with Gasteiger partial charge in [0, 0.05) is 5.69 Å². The minimum absolute atomic E-state index is 0.372. The van der Waals surface area contributed by atoms with Gasteiger partial charge in [0.1, 0.15) is 5.75 Å². The van der Waals surface area contributed by atoms with Crippen molar-refractivity contribution in [3.63, 3.8) is 0 Å². The molecule has 0 aliphatic heterocycles. The lowest BCUT2D eigenvalue weighted by atomic mass is 10.3. The highest BCUT2D eigenvalue weighted by Crippen LogP contribution is 2.24. The van der Waals surface area contributed by atoms with Gasteiger partial charge in [0.15, 0.2) is 11.0 Å². The molecule has 0 amide bonds. The van der Waals surface area contributed by atoms with Crippen LogP contribution in [0.5, 0.6) is 5.75 Å². The third-order valence-electron chi connectivity index (χ3n) is 2.69. The van der Waals surface area contributed by atoms with Crippen LogP contribution in [-0.4, -0.2) is 16.6 Å². The molecule has 2 aromatic rings. The summed E-state index contributed by atoms with van der Waals surface area (Å²) in [6, 6.07) is 7.62. The smallest absolute Gasteiger partial charge is 0.172 e. The first-order valence-electron chi connectivity index (χ1n) is 6.10. The number of aryl methyl sites for hydroxylation is 2. The van der Waals surface area contributed by atoms with Crippen LogP contribution in [0.4, 0.5) is 11.5 Å². The lowest BCUT2D eigenvalue weighted by molar-refractivity contribution is 0.340. The first-order chi connectivity index (χ1) is 9.10. The number of benzene rings is 1. The topological polar surface area (TPSA) is 47.0 Å². The van der Waals surface area contributed by atoms with Crippen molar-refractivity contribution in [2.45, 2.75) is 20.8 Å². The van der Waals surface area contributed by atoms with E-state index in [2.05, 4.69) is 15.3 Å². The molecule has 0 saturated carbocycles. The fraction of sp³-hybridized carbons (Fsp3) is 0.286. The van der Waals surface area contributed by atoms with Gasteiger partial charge < -0.3 is 10.1 Å². The number of ether oxygens (including phenoxy) is 1. The average molecular weight is 278 g/mol. The van der Waals surface area contributed by atoms with Gasteiger partial charge in [-0.25, -0.2) is 9.97 Å². The Morgan fingerprint density at radius 1 is 1.11 bits per heavy atom. The Hall–Kier alpha value is -1.81. The maximum atomic E-state index is 6.07. The van der Waals surface area contributed by atoms with Crippen molar-refractivity contribution < 1.29 is 4.74 Å². The van der Waals surface area contributed by atoms with Crippen molar-refractivity contribution in [3.05, 3.63) is 40.8 Å². The van der Waals surface area contributed by atoms with Gasteiger partial charge in [-0.15, -0.1) is 0 Å². The highest BCUT2D eigenvalue weighted by Gasteiger charge is 2.07. The normalized spacial score (nSPS) is 10.3. The summed E-state index contributed by atoms with van der Waals surface area (Å²) in [6.45, 7) is 6.40. The van der Waals surface area contributed by atoms with Crippen LogP contribution in [0, 0.1) is 13.8 Å². The van der Waals surface area contributed by atoms with Gasteiger partial charge in [-0.2, -0.15) is 0 Å². The Balaban J connectivity index is 2.19. The van der Waals surface area contributed by atoms with Crippen LogP contribution < -0.4 is 10.1 Å². The lowest BCUT2D eigenvalue weighted by Gasteiger charge is -2.10. The van der Waals surface area contributed by atoms with Crippen LogP contribution in [0.3, 0.4) is 0 Å². The molecule has 100 valence electrons. The second-order valence-electron chi connectivity index (χ2n) is 4.12. The zero-order valence-corrected chi connectivity index (χ0v) is 12.0. The van der Waals surface area contributed by atoms with Crippen molar-refractivity contribution in [1.82, 2.24) is 9.97 Å². The van der Waals surface area contributed by atoms with Gasteiger partial charge in [0.05, 0.1) is 18.0 Å². The maximum absolute atomic E-state index is 6.07. The number of halogens is 1. The number of rotatable bonds is 4. The highest BCUT2D eigenvalue weighted by molar-refractivity contribution is 6.31. The van der Waals surface area contributed by atoms with Crippen LogP contribution in [0.25, 0.3) is 0 Å². The van der Waals surface area contributed by atoms with E-state index in [4.69, 9.17) is 16.3 Å². The minimum Gasteiger partial charge on any atom is -0.494 e. The predicted octanol–water partition coefficient (Wildman–Crippen LogP) is 3.89. The minimum atomic E-state index is 0.372. The summed E-state index contributed by atoms with van der Waals surface area (Å²) < 4.78 is 5.39. The van der Waals surface area contributed by atoms with E-state index in [1.807, 2.05) is 45.0 Å². The molecule has 0 fully saturated rings. The number of nitrogens with zero attached hydrogens (tertiary/aromatic N) is 2. The van der Waals surface area contributed by atoms with E-state index in [1.54, 1.807) is 0 Å². The largest absolute Gasteiger partial charge is 0.494 e. The zero-order valence-electron chi connectivity index (χ0n) is 11.2. The Bertz CT molecular complexity index is 570. The van der Waals surface area contributed by atoms with E-state index in [1.165, 1.54) is 0 Å². The fourth-order valence-corrected chi connectivity index (χ4v) is 1.81. The van der Waals surface area contributed by atoms with E-state index in [0.717, 1.165) is 22.8 Å². The standard InChI is InChI=1S/C14H16ClN3O/c1-4-19-12-7-5-11(6-8-12)18-14-13(15)16-9(2)10(3)17-14/h5-8H,4H2,1-3H3,(H,17,18). The zero-order chi connectivity index (χ0) is 13.8. The van der Waals surface area contributed by atoms with Gasteiger partial charge in [-0.1, -0.05) is 11.6 Å². The number of nitrogens with one attached hydrogen (secondary N) is 1. The molecule has 1 aromatic carbocycles. The monoisotopic (exact) mass is 277 g/mol. The first-order valence-corrected chi connectivity index (χ1v) is 6.48. The molecule has 1 heterocycles. The van der Waals surface area contributed by atoms with Gasteiger partial charge in [-0.05, 0) is 45.0 Å². The molecule has 0 aliphatic carbocycles. The van der Waals surface area contributed by atoms with Crippen LogP contribution in [-0.2, 0) is 0 Å². The summed E-state index contributed by atoms with van der Waals surface area (Å²) in [7, 11) is 0. The molecule has 0 spiro atoms. The summed E-state index contributed by atoms with van der Waals surface area (Å²) in [5.41, 5.74) is 2.59. The van der Waals surface area contributed by atoms with Gasteiger partial charge in [-0.3, -0.25) is 0 Å². The Morgan fingerprint density at radius 3 is 2.37 bits per heavy atom. The van der Waals surface area contributed by atoms with Gasteiger partial charge >= 0.3 is 0 Å². The summed E-state index contributed by atoms with van der Waals surface area (Å²) in [5, 5.41) is 3.52. The molecular formula is C14H16ClN3O. The Morgan fingerprint density at radius 2 is 1.74 bits per heavy atom. The van der Waals surface area contributed by atoms with Gasteiger partial charge in [0.2, 0.25) is 0 Å². The Kier molecular flexibility index (Phi) is 4.22. The fourth-order valence-electron chi connectivity index (χ4n) is 1.59. The number of aromatic nitrogens is 2. The molecule has 0 bridgehead atoms. The molecule has 1 aromatic heterocycles. The summed E-state index contributed by atoms with van der Waals surface area (Å²) in [5.74, 6) is 1.40. The van der Waals surface area contributed by atoms with Crippen molar-refractivity contribution >= 4 is 23.1 Å². The molecule has 5 heteroatoms. The third kappa shape index (κ3) is 3.35. The molecule has 0 atom stereocenters. The maximum Gasteiger partial charge on any atom is 0.172 e. The third-order valence-corrected chi connectivity index (χ3v) is 2.96. The quantitative estimate of drug-likeness (QED) is 0.921. The average Bonchev–Trinajstić information content (AvgIpc) is 2.38. The van der Waals surface area contributed by atoms with E-state index >= 15 is 0 Å². The van der Waals surface area contributed by atoms with Crippen molar-refractivity contribution in [2.24, 2.45) is 0 Å². The number of anilines is 2. The van der Waals surface area contributed by atoms with Crippen LogP contribution in [0.1, 0.15) is 18.3 Å². The molecule has 0 saturated heterocycles. The van der Waals surface area contributed by atoms with Crippen LogP contribution >= 0.6 is 11.6 Å². The molecule has 0 unspecified atom stereocenters. The number of hydrogen-bond donors (Lipinski definition) is 1. The summed E-state index contributed by atoms with van der Waals surface area (Å²) >= 11 is 6.07.